The molecule has 0 aliphatic heterocycles. The van der Waals surface area contributed by atoms with Crippen molar-refractivity contribution in [3.8, 4) is 0 Å². The molecule has 1 aromatic heterocycles. The summed E-state index contributed by atoms with van der Waals surface area (Å²) in [6.45, 7) is 1.85. The van der Waals surface area contributed by atoms with Crippen molar-refractivity contribution in [3.63, 3.8) is 0 Å². The molecule has 0 bridgehead atoms. The summed E-state index contributed by atoms with van der Waals surface area (Å²) in [6.07, 6.45) is 1.46. The van der Waals surface area contributed by atoms with Gasteiger partial charge in [0.05, 0.1) is 4.90 Å². The number of halogens is 1. The van der Waals surface area contributed by atoms with E-state index in [0.717, 1.165) is 0 Å². The zero-order valence-corrected chi connectivity index (χ0v) is 13.1. The lowest BCUT2D eigenvalue weighted by molar-refractivity contribution is 0.178. The molecule has 0 saturated heterocycles. The largest absolute Gasteiger partial charge is 0.377 e. The van der Waals surface area contributed by atoms with Gasteiger partial charge < -0.3 is 4.74 Å². The molecule has 0 aliphatic rings. The monoisotopic (exact) mass is 327 g/mol. The zero-order chi connectivity index (χ0) is 15.5. The molecule has 0 fully saturated rings. The first-order chi connectivity index (χ1) is 9.94. The van der Waals surface area contributed by atoms with E-state index in [0.29, 0.717) is 16.4 Å². The van der Waals surface area contributed by atoms with E-state index in [4.69, 9.17) is 16.3 Å². The maximum Gasteiger partial charge on any atom is 0.263 e. The highest BCUT2D eigenvalue weighted by Crippen LogP contribution is 2.24. The first-order valence-electron chi connectivity index (χ1n) is 6.03. The Kier molecular flexibility index (Phi) is 4.76. The van der Waals surface area contributed by atoms with E-state index in [1.165, 1.54) is 25.4 Å². The Bertz CT molecular complexity index is 750. The van der Waals surface area contributed by atoms with E-state index >= 15 is 0 Å². The number of benzene rings is 1. The predicted molar refractivity (Wildman–Crippen MR) is 79.7 cm³/mol. The number of nitrogens with zero attached hydrogens (tertiary/aromatic N) is 2. The van der Waals surface area contributed by atoms with Crippen LogP contribution in [0.5, 0.6) is 0 Å². The van der Waals surface area contributed by atoms with Crippen LogP contribution in [0.3, 0.4) is 0 Å². The van der Waals surface area contributed by atoms with E-state index in [2.05, 4.69) is 14.7 Å². The van der Waals surface area contributed by atoms with Gasteiger partial charge in [-0.3, -0.25) is 4.72 Å². The van der Waals surface area contributed by atoms with Crippen molar-refractivity contribution in [2.45, 2.75) is 18.4 Å². The Hall–Kier alpha value is -1.70. The number of aromatic nitrogens is 2. The van der Waals surface area contributed by atoms with Crippen molar-refractivity contribution in [1.82, 2.24) is 9.97 Å². The molecular formula is C13H14ClN3O3S. The summed E-state index contributed by atoms with van der Waals surface area (Å²) >= 11 is 5.95. The molecular weight excluding hydrogens is 314 g/mol. The zero-order valence-electron chi connectivity index (χ0n) is 11.5. The van der Waals surface area contributed by atoms with Gasteiger partial charge in [0.25, 0.3) is 10.0 Å². The number of hydrogen-bond donors (Lipinski definition) is 1. The highest BCUT2D eigenvalue weighted by Gasteiger charge is 2.19. The van der Waals surface area contributed by atoms with Crippen LogP contribution in [0.25, 0.3) is 0 Å². The molecule has 8 heteroatoms. The lowest BCUT2D eigenvalue weighted by Crippen LogP contribution is -2.16. The van der Waals surface area contributed by atoms with Crippen molar-refractivity contribution >= 4 is 27.4 Å². The average molecular weight is 328 g/mol. The fourth-order valence-electron chi connectivity index (χ4n) is 1.73. The van der Waals surface area contributed by atoms with Crippen LogP contribution in [-0.4, -0.2) is 25.5 Å². The molecule has 0 unspecified atom stereocenters. The summed E-state index contributed by atoms with van der Waals surface area (Å²) in [5, 5.41) is 0.389. The van der Waals surface area contributed by atoms with Crippen LogP contribution in [0.2, 0.25) is 5.02 Å². The minimum absolute atomic E-state index is 0.113. The maximum atomic E-state index is 12.4. The number of anilines is 1. The van der Waals surface area contributed by atoms with Gasteiger partial charge >= 0.3 is 0 Å². The molecule has 2 rings (SSSR count). The van der Waals surface area contributed by atoms with Gasteiger partial charge in [-0.15, -0.1) is 0 Å². The topological polar surface area (TPSA) is 81.2 Å². The number of methoxy groups -OCH3 is 1. The van der Waals surface area contributed by atoms with Crippen molar-refractivity contribution < 1.29 is 13.2 Å². The highest BCUT2D eigenvalue weighted by molar-refractivity contribution is 7.92. The Morgan fingerprint density at radius 1 is 1.33 bits per heavy atom. The van der Waals surface area contributed by atoms with Gasteiger partial charge in [-0.1, -0.05) is 17.7 Å². The molecule has 1 aromatic carbocycles. The summed E-state index contributed by atoms with van der Waals surface area (Å²) < 4.78 is 32.1. The van der Waals surface area contributed by atoms with Crippen LogP contribution in [0.4, 0.5) is 5.82 Å². The summed E-state index contributed by atoms with van der Waals surface area (Å²) in [5.74, 6) is 0.567. The van der Waals surface area contributed by atoms with Crippen LogP contribution in [0.1, 0.15) is 11.4 Å². The molecule has 1 heterocycles. The third-order valence-electron chi connectivity index (χ3n) is 2.73. The number of rotatable bonds is 5. The molecule has 6 nitrogen and oxygen atoms in total. The molecule has 0 aliphatic carbocycles. The summed E-state index contributed by atoms with van der Waals surface area (Å²) in [6, 6.07) is 6.18. The second-order valence-corrected chi connectivity index (χ2v) is 6.32. The second kappa shape index (κ2) is 6.38. The molecule has 0 atom stereocenters. The van der Waals surface area contributed by atoms with E-state index in [1.54, 1.807) is 19.1 Å². The fraction of sp³-hybridized carbons (Fsp3) is 0.231. The van der Waals surface area contributed by atoms with Gasteiger partial charge in [-0.05, 0) is 30.7 Å². The third kappa shape index (κ3) is 3.69. The van der Waals surface area contributed by atoms with Crippen molar-refractivity contribution in [2.24, 2.45) is 0 Å². The van der Waals surface area contributed by atoms with Crippen molar-refractivity contribution in [1.29, 1.82) is 0 Å². The Labute approximate surface area is 128 Å². The Morgan fingerprint density at radius 2 is 2.10 bits per heavy atom. The SMILES string of the molecule is COCc1nccc(NS(=O)(=O)c2cccc(Cl)c2C)n1. The molecule has 0 spiro atoms. The standard InChI is InChI=1S/C13H14ClN3O3S/c1-9-10(14)4-3-5-11(9)21(18,19)17-12-6-7-15-13(16-12)8-20-2/h3-7H,8H2,1-2H3,(H,15,16,17). The third-order valence-corrected chi connectivity index (χ3v) is 4.63. The Balaban J connectivity index is 2.33. The molecule has 0 radical (unpaired) electrons. The van der Waals surface area contributed by atoms with Gasteiger partial charge in [0.15, 0.2) is 5.82 Å². The quantitative estimate of drug-likeness (QED) is 0.911. The minimum atomic E-state index is -3.76. The molecule has 112 valence electrons. The first-order valence-corrected chi connectivity index (χ1v) is 7.89. The number of hydrogen-bond acceptors (Lipinski definition) is 5. The highest BCUT2D eigenvalue weighted by atomic mass is 35.5. The van der Waals surface area contributed by atoms with Crippen LogP contribution in [0.15, 0.2) is 35.4 Å². The van der Waals surface area contributed by atoms with E-state index in [9.17, 15) is 8.42 Å². The minimum Gasteiger partial charge on any atom is -0.377 e. The van der Waals surface area contributed by atoms with Gasteiger partial charge in [0.1, 0.15) is 12.4 Å². The predicted octanol–water partition coefficient (Wildman–Crippen LogP) is 2.39. The van der Waals surface area contributed by atoms with Gasteiger partial charge in [-0.2, -0.15) is 0 Å². The van der Waals surface area contributed by atoms with Gasteiger partial charge in [-0.25, -0.2) is 18.4 Å². The molecule has 1 N–H and O–H groups in total. The van der Waals surface area contributed by atoms with Crippen LogP contribution >= 0.6 is 11.6 Å². The van der Waals surface area contributed by atoms with E-state index in [1.807, 2.05) is 0 Å². The number of nitrogens with one attached hydrogen (secondary N) is 1. The molecule has 0 amide bonds. The van der Waals surface area contributed by atoms with Crippen LogP contribution in [0, 0.1) is 6.92 Å². The van der Waals surface area contributed by atoms with Crippen molar-refractivity contribution in [2.75, 3.05) is 11.8 Å². The summed E-state index contributed by atoms with van der Waals surface area (Å²) in [5.41, 5.74) is 0.484. The molecule has 2 aromatic rings. The van der Waals surface area contributed by atoms with Gasteiger partial charge in [0, 0.05) is 18.3 Å². The first kappa shape index (κ1) is 15.7. The lowest BCUT2D eigenvalue weighted by atomic mass is 10.2. The summed E-state index contributed by atoms with van der Waals surface area (Å²) in [7, 11) is -2.25. The smallest absolute Gasteiger partial charge is 0.263 e. The van der Waals surface area contributed by atoms with Gasteiger partial charge in [0.2, 0.25) is 0 Å². The van der Waals surface area contributed by atoms with Crippen LogP contribution < -0.4 is 4.72 Å². The summed E-state index contributed by atoms with van der Waals surface area (Å²) in [4.78, 5) is 8.15. The van der Waals surface area contributed by atoms with Crippen molar-refractivity contribution in [3.05, 3.63) is 46.9 Å². The normalized spacial score (nSPS) is 11.4. The number of ether oxygens (including phenoxy) is 1. The Morgan fingerprint density at radius 3 is 2.81 bits per heavy atom. The maximum absolute atomic E-state index is 12.4. The molecule has 21 heavy (non-hydrogen) atoms. The fourth-order valence-corrected chi connectivity index (χ4v) is 3.23. The van der Waals surface area contributed by atoms with E-state index in [-0.39, 0.29) is 17.3 Å². The average Bonchev–Trinajstić information content (AvgIpc) is 2.42. The number of sulfonamides is 1. The molecule has 0 saturated carbocycles. The van der Waals surface area contributed by atoms with Crippen LogP contribution in [-0.2, 0) is 21.4 Å². The van der Waals surface area contributed by atoms with E-state index < -0.39 is 10.0 Å². The second-order valence-electron chi connectivity index (χ2n) is 4.26. The lowest BCUT2D eigenvalue weighted by Gasteiger charge is -2.11.